The molecule has 1 aliphatic heterocycles. The highest BCUT2D eigenvalue weighted by molar-refractivity contribution is 6.03. The molecule has 2 heterocycles. The van der Waals surface area contributed by atoms with Gasteiger partial charge in [-0.05, 0) is 18.2 Å². The molecule has 142 valence electrons. The maximum atomic E-state index is 13.9. The average Bonchev–Trinajstić information content (AvgIpc) is 3.05. The minimum absolute atomic E-state index is 0.0335. The van der Waals surface area contributed by atoms with Crippen LogP contribution >= 0.6 is 0 Å². The summed E-state index contributed by atoms with van der Waals surface area (Å²) in [6.07, 6.45) is 1.51. The molecule has 1 aliphatic rings. The van der Waals surface area contributed by atoms with Gasteiger partial charge in [-0.1, -0.05) is 12.1 Å². The Balaban J connectivity index is 1.59. The fraction of sp³-hybridized carbons (Fsp3) is 0.316. The minimum atomic E-state index is -0.560. The third-order valence-electron chi connectivity index (χ3n) is 4.18. The van der Waals surface area contributed by atoms with E-state index in [9.17, 15) is 14.0 Å². The van der Waals surface area contributed by atoms with Gasteiger partial charge in [-0.2, -0.15) is 0 Å². The number of aromatic nitrogens is 1. The maximum absolute atomic E-state index is 13.9. The Morgan fingerprint density at radius 1 is 1.30 bits per heavy atom. The van der Waals surface area contributed by atoms with Gasteiger partial charge in [-0.15, -0.1) is 0 Å². The number of pyridine rings is 1. The molecule has 0 spiro atoms. The van der Waals surface area contributed by atoms with Crippen LogP contribution < -0.4 is 15.0 Å². The number of benzene rings is 1. The standard InChI is InChI=1S/C19H20FN3O4/c1-26-8-9-27-17-7-6-14(11-21-17)22-19(25)13-10-18(24)23(12-13)16-5-3-2-4-15(16)20/h2-7,11,13H,8-10,12H2,1H3,(H,22,25). The van der Waals surface area contributed by atoms with Gasteiger partial charge in [-0.25, -0.2) is 9.37 Å². The van der Waals surface area contributed by atoms with Crippen molar-refractivity contribution in [3.05, 3.63) is 48.4 Å². The number of hydrogen-bond acceptors (Lipinski definition) is 5. The second-order valence-electron chi connectivity index (χ2n) is 6.07. The van der Waals surface area contributed by atoms with Crippen LogP contribution in [0.25, 0.3) is 0 Å². The molecule has 1 N–H and O–H groups in total. The molecule has 27 heavy (non-hydrogen) atoms. The normalized spacial score (nSPS) is 16.4. The van der Waals surface area contributed by atoms with Crippen LogP contribution in [0.3, 0.4) is 0 Å². The number of carbonyl (C=O) groups excluding carboxylic acids is 2. The molecule has 1 aromatic heterocycles. The Labute approximate surface area is 156 Å². The molecule has 0 bridgehead atoms. The van der Waals surface area contributed by atoms with Crippen molar-refractivity contribution in [2.75, 3.05) is 37.1 Å². The molecule has 8 heteroatoms. The van der Waals surface area contributed by atoms with Gasteiger partial charge in [0.2, 0.25) is 17.7 Å². The third-order valence-corrected chi connectivity index (χ3v) is 4.18. The van der Waals surface area contributed by atoms with Gasteiger partial charge in [-0.3, -0.25) is 9.59 Å². The van der Waals surface area contributed by atoms with E-state index in [4.69, 9.17) is 9.47 Å². The van der Waals surface area contributed by atoms with Crippen LogP contribution in [-0.2, 0) is 14.3 Å². The summed E-state index contributed by atoms with van der Waals surface area (Å²) >= 11 is 0. The molecule has 0 radical (unpaired) electrons. The lowest BCUT2D eigenvalue weighted by molar-refractivity contribution is -0.122. The van der Waals surface area contributed by atoms with Crippen LogP contribution in [0.4, 0.5) is 15.8 Å². The lowest BCUT2D eigenvalue weighted by Gasteiger charge is -2.17. The van der Waals surface area contributed by atoms with Crippen molar-refractivity contribution in [2.45, 2.75) is 6.42 Å². The lowest BCUT2D eigenvalue weighted by atomic mass is 10.1. The van der Waals surface area contributed by atoms with E-state index in [2.05, 4.69) is 10.3 Å². The van der Waals surface area contributed by atoms with Crippen LogP contribution in [0.1, 0.15) is 6.42 Å². The van der Waals surface area contributed by atoms with E-state index in [1.54, 1.807) is 31.4 Å². The average molecular weight is 373 g/mol. The Kier molecular flexibility index (Phi) is 5.97. The summed E-state index contributed by atoms with van der Waals surface area (Å²) in [6, 6.07) is 9.33. The molecule has 1 unspecified atom stereocenters. The van der Waals surface area contributed by atoms with E-state index < -0.39 is 11.7 Å². The van der Waals surface area contributed by atoms with Crippen molar-refractivity contribution in [1.82, 2.24) is 4.98 Å². The number of rotatable bonds is 7. The number of hydrogen-bond donors (Lipinski definition) is 1. The van der Waals surface area contributed by atoms with Crippen molar-refractivity contribution in [2.24, 2.45) is 5.92 Å². The fourth-order valence-electron chi connectivity index (χ4n) is 2.80. The molecular weight excluding hydrogens is 353 g/mol. The Morgan fingerprint density at radius 2 is 2.11 bits per heavy atom. The van der Waals surface area contributed by atoms with Gasteiger partial charge in [0.15, 0.2) is 0 Å². The number of ether oxygens (including phenoxy) is 2. The largest absolute Gasteiger partial charge is 0.475 e. The van der Waals surface area contributed by atoms with Gasteiger partial charge in [0.1, 0.15) is 12.4 Å². The molecule has 0 aliphatic carbocycles. The molecule has 7 nitrogen and oxygen atoms in total. The number of halogens is 1. The Bertz CT molecular complexity index is 813. The predicted octanol–water partition coefficient (Wildman–Crippen LogP) is 2.24. The first-order valence-electron chi connectivity index (χ1n) is 8.52. The van der Waals surface area contributed by atoms with Gasteiger partial charge >= 0.3 is 0 Å². The van der Waals surface area contributed by atoms with Crippen molar-refractivity contribution >= 4 is 23.2 Å². The zero-order valence-electron chi connectivity index (χ0n) is 14.9. The summed E-state index contributed by atoms with van der Waals surface area (Å²) in [7, 11) is 1.58. The summed E-state index contributed by atoms with van der Waals surface area (Å²) in [4.78, 5) is 30.1. The number of amides is 2. The molecule has 2 aromatic rings. The van der Waals surface area contributed by atoms with Crippen molar-refractivity contribution in [1.29, 1.82) is 0 Å². The molecule has 1 fully saturated rings. The monoisotopic (exact) mass is 373 g/mol. The summed E-state index contributed by atoms with van der Waals surface area (Å²) in [5.41, 5.74) is 0.688. The Morgan fingerprint density at radius 3 is 2.81 bits per heavy atom. The number of anilines is 2. The fourth-order valence-corrected chi connectivity index (χ4v) is 2.80. The highest BCUT2D eigenvalue weighted by Crippen LogP contribution is 2.28. The molecule has 1 saturated heterocycles. The van der Waals surface area contributed by atoms with E-state index in [-0.39, 0.29) is 30.5 Å². The van der Waals surface area contributed by atoms with Gasteiger partial charge < -0.3 is 19.7 Å². The smallest absolute Gasteiger partial charge is 0.229 e. The molecular formula is C19H20FN3O4. The van der Waals surface area contributed by atoms with Crippen LogP contribution in [0.2, 0.25) is 0 Å². The van der Waals surface area contributed by atoms with Gasteiger partial charge in [0, 0.05) is 26.1 Å². The summed E-state index contributed by atoms with van der Waals surface area (Å²) in [6.45, 7) is 0.969. The molecule has 2 amide bonds. The van der Waals surface area contributed by atoms with E-state index in [1.165, 1.54) is 23.2 Å². The van der Waals surface area contributed by atoms with E-state index in [1.807, 2.05) is 0 Å². The Hall–Kier alpha value is -3.00. The molecule has 3 rings (SSSR count). The summed E-state index contributed by atoms with van der Waals surface area (Å²) in [5, 5.41) is 2.73. The quantitative estimate of drug-likeness (QED) is 0.753. The maximum Gasteiger partial charge on any atom is 0.229 e. The lowest BCUT2D eigenvalue weighted by Crippen LogP contribution is -2.28. The van der Waals surface area contributed by atoms with Gasteiger partial charge in [0.25, 0.3) is 0 Å². The molecule has 1 atom stereocenters. The zero-order chi connectivity index (χ0) is 19.2. The van der Waals surface area contributed by atoms with Crippen LogP contribution in [0.15, 0.2) is 42.6 Å². The first-order chi connectivity index (χ1) is 13.1. The second kappa shape index (κ2) is 8.59. The first-order valence-corrected chi connectivity index (χ1v) is 8.52. The number of nitrogens with zero attached hydrogens (tertiary/aromatic N) is 2. The van der Waals surface area contributed by atoms with Crippen LogP contribution in [-0.4, -0.2) is 43.7 Å². The van der Waals surface area contributed by atoms with Crippen LogP contribution in [0.5, 0.6) is 5.88 Å². The number of methoxy groups -OCH3 is 1. The summed E-state index contributed by atoms with van der Waals surface area (Å²) in [5.74, 6) is -1.21. The highest BCUT2D eigenvalue weighted by Gasteiger charge is 2.36. The second-order valence-corrected chi connectivity index (χ2v) is 6.07. The zero-order valence-corrected chi connectivity index (χ0v) is 14.9. The number of carbonyl (C=O) groups is 2. The van der Waals surface area contributed by atoms with E-state index in [0.717, 1.165) is 0 Å². The SMILES string of the molecule is COCCOc1ccc(NC(=O)C2CC(=O)N(c3ccccc3F)C2)cn1. The number of para-hydroxylation sites is 1. The molecule has 1 aromatic carbocycles. The highest BCUT2D eigenvalue weighted by atomic mass is 19.1. The molecule has 0 saturated carbocycles. The van der Waals surface area contributed by atoms with Crippen molar-refractivity contribution < 1.29 is 23.5 Å². The van der Waals surface area contributed by atoms with Crippen molar-refractivity contribution in [3.63, 3.8) is 0 Å². The number of nitrogens with one attached hydrogen (secondary N) is 1. The summed E-state index contributed by atoms with van der Waals surface area (Å²) < 4.78 is 24.2. The van der Waals surface area contributed by atoms with Crippen LogP contribution in [0, 0.1) is 11.7 Å². The van der Waals surface area contributed by atoms with Crippen molar-refractivity contribution in [3.8, 4) is 5.88 Å². The predicted molar refractivity (Wildman–Crippen MR) is 97.1 cm³/mol. The third kappa shape index (κ3) is 4.59. The first kappa shape index (κ1) is 18.8. The topological polar surface area (TPSA) is 80.8 Å². The van der Waals surface area contributed by atoms with E-state index >= 15 is 0 Å². The van der Waals surface area contributed by atoms with Gasteiger partial charge in [0.05, 0.1) is 30.1 Å². The van der Waals surface area contributed by atoms with E-state index in [0.29, 0.717) is 24.8 Å². The minimum Gasteiger partial charge on any atom is -0.475 e.